The summed E-state index contributed by atoms with van der Waals surface area (Å²) in [5, 5.41) is 0. The minimum absolute atomic E-state index is 0.330. The summed E-state index contributed by atoms with van der Waals surface area (Å²) in [4.78, 5) is 14.5. The molecule has 0 spiro atoms. The Kier molecular flexibility index (Phi) is 6.44. The minimum Gasteiger partial charge on any atom is -0.339 e. The Balaban J connectivity index is 1.85. The highest BCUT2D eigenvalue weighted by Gasteiger charge is 2.33. The highest BCUT2D eigenvalue weighted by Crippen LogP contribution is 2.33. The van der Waals surface area contributed by atoms with Crippen molar-refractivity contribution in [1.29, 1.82) is 0 Å². The maximum atomic E-state index is 12.5. The van der Waals surface area contributed by atoms with Gasteiger partial charge in [-0.15, -0.1) is 0 Å². The maximum Gasteiger partial charge on any atom is 0.222 e. The van der Waals surface area contributed by atoms with E-state index in [1.807, 2.05) is 0 Å². The molecule has 2 unspecified atom stereocenters. The van der Waals surface area contributed by atoms with E-state index in [2.05, 4.69) is 43.0 Å². The highest BCUT2D eigenvalue weighted by atomic mass is 16.2. The van der Waals surface area contributed by atoms with Crippen molar-refractivity contribution in [1.82, 2.24) is 4.90 Å². The lowest BCUT2D eigenvalue weighted by molar-refractivity contribution is -0.131. The zero-order valence-corrected chi connectivity index (χ0v) is 14.1. The fourth-order valence-corrected chi connectivity index (χ4v) is 3.57. The molecule has 122 valence electrons. The minimum atomic E-state index is 0.330. The molecule has 1 fully saturated rings. The SMILES string of the molecule is Cc1ccccc1C1CC(C)N(C(=O)CCCCCCN)C1. The van der Waals surface area contributed by atoms with Crippen molar-refractivity contribution in [2.24, 2.45) is 5.73 Å². The van der Waals surface area contributed by atoms with Crippen molar-refractivity contribution in [2.45, 2.75) is 64.3 Å². The largest absolute Gasteiger partial charge is 0.339 e. The van der Waals surface area contributed by atoms with Crippen molar-refractivity contribution < 1.29 is 4.79 Å². The highest BCUT2D eigenvalue weighted by molar-refractivity contribution is 5.77. The number of likely N-dealkylation sites (tertiary alicyclic amines) is 1. The molecule has 2 atom stereocenters. The third-order valence-corrected chi connectivity index (χ3v) is 4.87. The van der Waals surface area contributed by atoms with E-state index in [0.717, 1.165) is 45.2 Å². The van der Waals surface area contributed by atoms with Gasteiger partial charge < -0.3 is 10.6 Å². The summed E-state index contributed by atoms with van der Waals surface area (Å²) in [5.74, 6) is 0.828. The maximum absolute atomic E-state index is 12.5. The zero-order chi connectivity index (χ0) is 15.9. The van der Waals surface area contributed by atoms with Crippen LogP contribution >= 0.6 is 0 Å². The van der Waals surface area contributed by atoms with Gasteiger partial charge in [-0.25, -0.2) is 0 Å². The number of aryl methyl sites for hydroxylation is 1. The Morgan fingerprint density at radius 2 is 1.95 bits per heavy atom. The molecule has 1 aromatic rings. The molecule has 0 radical (unpaired) electrons. The van der Waals surface area contributed by atoms with Gasteiger partial charge in [-0.05, 0) is 50.8 Å². The second-order valence-electron chi connectivity index (χ2n) is 6.64. The quantitative estimate of drug-likeness (QED) is 0.782. The summed E-state index contributed by atoms with van der Waals surface area (Å²) in [7, 11) is 0. The lowest BCUT2D eigenvalue weighted by Gasteiger charge is -2.21. The smallest absolute Gasteiger partial charge is 0.222 e. The van der Waals surface area contributed by atoms with E-state index in [1.54, 1.807) is 0 Å². The molecule has 1 aliphatic rings. The number of nitrogens with zero attached hydrogens (tertiary/aromatic N) is 1. The van der Waals surface area contributed by atoms with Crippen LogP contribution in [0.1, 0.15) is 62.5 Å². The number of benzene rings is 1. The molecule has 0 aromatic heterocycles. The predicted octanol–water partition coefficient (Wildman–Crippen LogP) is 3.61. The normalized spacial score (nSPS) is 21.3. The Morgan fingerprint density at radius 3 is 2.68 bits per heavy atom. The number of hydrogen-bond acceptors (Lipinski definition) is 2. The Hall–Kier alpha value is -1.35. The predicted molar refractivity (Wildman–Crippen MR) is 91.9 cm³/mol. The summed E-state index contributed by atoms with van der Waals surface area (Å²) < 4.78 is 0. The van der Waals surface area contributed by atoms with Gasteiger partial charge >= 0.3 is 0 Å². The van der Waals surface area contributed by atoms with Crippen molar-refractivity contribution in [2.75, 3.05) is 13.1 Å². The molecule has 0 aliphatic carbocycles. The third kappa shape index (κ3) is 4.33. The molecule has 1 heterocycles. The molecule has 22 heavy (non-hydrogen) atoms. The van der Waals surface area contributed by atoms with Gasteiger partial charge in [0.2, 0.25) is 5.91 Å². The number of carbonyl (C=O) groups excluding carboxylic acids is 1. The fraction of sp³-hybridized carbons (Fsp3) is 0.632. The van der Waals surface area contributed by atoms with Gasteiger partial charge in [-0.1, -0.05) is 37.1 Å². The van der Waals surface area contributed by atoms with Crippen LogP contribution in [0, 0.1) is 6.92 Å². The van der Waals surface area contributed by atoms with Crippen LogP contribution < -0.4 is 5.73 Å². The Labute approximate surface area is 134 Å². The number of amides is 1. The summed E-state index contributed by atoms with van der Waals surface area (Å²) in [6.45, 7) is 6.00. The first-order valence-electron chi connectivity index (χ1n) is 8.68. The molecule has 1 aliphatic heterocycles. The zero-order valence-electron chi connectivity index (χ0n) is 14.1. The number of carbonyl (C=O) groups is 1. The molecular weight excluding hydrogens is 272 g/mol. The van der Waals surface area contributed by atoms with Crippen LogP contribution in [0.2, 0.25) is 0 Å². The first-order valence-corrected chi connectivity index (χ1v) is 8.68. The molecule has 2 N–H and O–H groups in total. The monoisotopic (exact) mass is 302 g/mol. The molecular formula is C19H30N2O. The van der Waals surface area contributed by atoms with E-state index in [-0.39, 0.29) is 0 Å². The molecule has 0 bridgehead atoms. The van der Waals surface area contributed by atoms with E-state index in [9.17, 15) is 4.79 Å². The van der Waals surface area contributed by atoms with Crippen LogP contribution in [0.5, 0.6) is 0 Å². The van der Waals surface area contributed by atoms with Gasteiger partial charge in [-0.3, -0.25) is 4.79 Å². The van der Waals surface area contributed by atoms with Crippen molar-refractivity contribution in [3.8, 4) is 0 Å². The lowest BCUT2D eigenvalue weighted by Crippen LogP contribution is -2.33. The third-order valence-electron chi connectivity index (χ3n) is 4.87. The molecule has 3 nitrogen and oxygen atoms in total. The average Bonchev–Trinajstić information content (AvgIpc) is 2.89. The van der Waals surface area contributed by atoms with Crippen LogP contribution in [0.15, 0.2) is 24.3 Å². The van der Waals surface area contributed by atoms with E-state index in [4.69, 9.17) is 5.73 Å². The fourth-order valence-electron chi connectivity index (χ4n) is 3.57. The van der Waals surface area contributed by atoms with Gasteiger partial charge in [0.25, 0.3) is 0 Å². The van der Waals surface area contributed by atoms with Gasteiger partial charge in [0, 0.05) is 24.9 Å². The van der Waals surface area contributed by atoms with E-state index < -0.39 is 0 Å². The number of hydrogen-bond donors (Lipinski definition) is 1. The van der Waals surface area contributed by atoms with E-state index in [0.29, 0.717) is 24.3 Å². The van der Waals surface area contributed by atoms with Crippen molar-refractivity contribution in [3.05, 3.63) is 35.4 Å². The lowest BCUT2D eigenvalue weighted by atomic mass is 9.93. The summed E-state index contributed by atoms with van der Waals surface area (Å²) in [5.41, 5.74) is 8.25. The average molecular weight is 302 g/mol. The second kappa shape index (κ2) is 8.33. The summed E-state index contributed by atoms with van der Waals surface area (Å²) in [6.07, 6.45) is 6.11. The van der Waals surface area contributed by atoms with E-state index >= 15 is 0 Å². The second-order valence-corrected chi connectivity index (χ2v) is 6.64. The van der Waals surface area contributed by atoms with E-state index in [1.165, 1.54) is 11.1 Å². The van der Waals surface area contributed by atoms with Gasteiger partial charge in [0.15, 0.2) is 0 Å². The summed E-state index contributed by atoms with van der Waals surface area (Å²) in [6, 6.07) is 8.94. The number of nitrogens with two attached hydrogens (primary N) is 1. The van der Waals surface area contributed by atoms with Gasteiger partial charge in [0.1, 0.15) is 0 Å². The first-order chi connectivity index (χ1) is 10.6. The van der Waals surface area contributed by atoms with Crippen LogP contribution in [-0.2, 0) is 4.79 Å². The molecule has 1 aromatic carbocycles. The van der Waals surface area contributed by atoms with Crippen LogP contribution in [0.3, 0.4) is 0 Å². The number of rotatable bonds is 7. The Bertz CT molecular complexity index is 486. The topological polar surface area (TPSA) is 46.3 Å². The molecule has 3 heteroatoms. The molecule has 0 saturated carbocycles. The van der Waals surface area contributed by atoms with Crippen molar-refractivity contribution in [3.63, 3.8) is 0 Å². The first kappa shape index (κ1) is 17.0. The van der Waals surface area contributed by atoms with Crippen LogP contribution in [-0.4, -0.2) is 29.9 Å². The van der Waals surface area contributed by atoms with Crippen molar-refractivity contribution >= 4 is 5.91 Å². The van der Waals surface area contributed by atoms with Crippen LogP contribution in [0.4, 0.5) is 0 Å². The standard InChI is InChI=1S/C19H30N2O/c1-15-9-6-7-10-18(15)17-13-16(2)21(14-17)19(22)11-5-3-4-8-12-20/h6-7,9-10,16-17H,3-5,8,11-14,20H2,1-2H3. The molecule has 1 saturated heterocycles. The molecule has 2 rings (SSSR count). The Morgan fingerprint density at radius 1 is 1.23 bits per heavy atom. The molecule has 1 amide bonds. The van der Waals surface area contributed by atoms with Gasteiger partial charge in [0.05, 0.1) is 0 Å². The number of unbranched alkanes of at least 4 members (excludes halogenated alkanes) is 3. The van der Waals surface area contributed by atoms with Crippen LogP contribution in [0.25, 0.3) is 0 Å². The summed E-state index contributed by atoms with van der Waals surface area (Å²) >= 11 is 0. The van der Waals surface area contributed by atoms with Gasteiger partial charge in [-0.2, -0.15) is 0 Å².